The number of aliphatic hydroxyl groups is 1. The lowest BCUT2D eigenvalue weighted by atomic mass is 9.96. The molecule has 0 fully saturated rings. The highest BCUT2D eigenvalue weighted by Crippen LogP contribution is 2.20. The van der Waals surface area contributed by atoms with E-state index in [0.29, 0.717) is 12.3 Å². The van der Waals surface area contributed by atoms with Crippen LogP contribution in [0.2, 0.25) is 0 Å². The lowest BCUT2D eigenvalue weighted by Crippen LogP contribution is -2.09. The van der Waals surface area contributed by atoms with E-state index in [2.05, 4.69) is 62.2 Å². The maximum absolute atomic E-state index is 9.96. The lowest BCUT2D eigenvalue weighted by molar-refractivity contribution is 0.340. The summed E-state index contributed by atoms with van der Waals surface area (Å²) in [5.74, 6) is 1.37. The molecule has 1 heterocycles. The van der Waals surface area contributed by atoms with Crippen molar-refractivity contribution in [3.8, 4) is 0 Å². The van der Waals surface area contributed by atoms with Crippen LogP contribution in [-0.4, -0.2) is 25.9 Å². The van der Waals surface area contributed by atoms with Gasteiger partial charge in [-0.3, -0.25) is 0 Å². The standard InChI is InChI=1S/C19H27N3OS/c1-15-7-9-18(10-8-15)24-11-5-6-16-13-20-22(21-16)14-17(23)12-19(2,3)4/h7-10,12-13,23H,5-6,11,14H2,1-4H3/b17-12-. The van der Waals surface area contributed by atoms with Crippen LogP contribution in [0.4, 0.5) is 0 Å². The van der Waals surface area contributed by atoms with Gasteiger partial charge in [0.2, 0.25) is 0 Å². The van der Waals surface area contributed by atoms with Gasteiger partial charge in [-0.1, -0.05) is 38.5 Å². The van der Waals surface area contributed by atoms with Gasteiger partial charge in [0.25, 0.3) is 0 Å². The third-order valence-electron chi connectivity index (χ3n) is 3.35. The molecule has 130 valence electrons. The Morgan fingerprint density at radius 2 is 1.96 bits per heavy atom. The molecule has 0 saturated carbocycles. The van der Waals surface area contributed by atoms with Gasteiger partial charge >= 0.3 is 0 Å². The summed E-state index contributed by atoms with van der Waals surface area (Å²) < 4.78 is 0. The molecule has 0 aliphatic carbocycles. The second kappa shape index (κ2) is 8.38. The van der Waals surface area contributed by atoms with E-state index in [4.69, 9.17) is 0 Å². The number of hydrogen-bond acceptors (Lipinski definition) is 4. The topological polar surface area (TPSA) is 50.9 Å². The van der Waals surface area contributed by atoms with E-state index in [0.717, 1.165) is 24.3 Å². The van der Waals surface area contributed by atoms with Crippen LogP contribution in [0.15, 0.2) is 47.2 Å². The molecule has 0 spiro atoms. The summed E-state index contributed by atoms with van der Waals surface area (Å²) >= 11 is 1.87. The first-order valence-corrected chi connectivity index (χ1v) is 9.29. The molecule has 0 radical (unpaired) electrons. The van der Waals surface area contributed by atoms with Crippen LogP contribution in [0, 0.1) is 12.3 Å². The highest BCUT2D eigenvalue weighted by molar-refractivity contribution is 7.99. The number of allylic oxidation sites excluding steroid dienone is 2. The summed E-state index contributed by atoms with van der Waals surface area (Å²) in [6.45, 7) is 8.59. The quantitative estimate of drug-likeness (QED) is 0.445. The Morgan fingerprint density at radius 1 is 1.25 bits per heavy atom. The average Bonchev–Trinajstić information content (AvgIpc) is 2.91. The minimum absolute atomic E-state index is 0.0483. The molecule has 2 rings (SSSR count). The number of thioether (sulfide) groups is 1. The molecule has 0 aliphatic heterocycles. The molecule has 0 atom stereocenters. The van der Waals surface area contributed by atoms with Crippen molar-refractivity contribution in [2.45, 2.75) is 52.0 Å². The summed E-state index contributed by atoms with van der Waals surface area (Å²) in [6, 6.07) is 8.62. The number of aromatic nitrogens is 3. The number of aliphatic hydroxyl groups excluding tert-OH is 1. The first kappa shape index (κ1) is 18.6. The molecule has 1 N–H and O–H groups in total. The van der Waals surface area contributed by atoms with Crippen LogP contribution >= 0.6 is 11.8 Å². The van der Waals surface area contributed by atoms with Crippen molar-refractivity contribution >= 4 is 11.8 Å². The van der Waals surface area contributed by atoms with E-state index in [9.17, 15) is 5.11 Å². The van der Waals surface area contributed by atoms with E-state index in [1.807, 2.05) is 17.8 Å². The van der Waals surface area contributed by atoms with E-state index < -0.39 is 0 Å². The van der Waals surface area contributed by atoms with Gasteiger partial charge in [0, 0.05) is 4.90 Å². The Bertz CT molecular complexity index is 669. The van der Waals surface area contributed by atoms with Gasteiger partial charge in [0.05, 0.1) is 11.9 Å². The largest absolute Gasteiger partial charge is 0.511 e. The number of aryl methyl sites for hydroxylation is 2. The van der Waals surface area contributed by atoms with Gasteiger partial charge < -0.3 is 5.11 Å². The van der Waals surface area contributed by atoms with Gasteiger partial charge in [-0.15, -0.1) is 11.8 Å². The summed E-state index contributed by atoms with van der Waals surface area (Å²) in [6.07, 6.45) is 5.60. The smallest absolute Gasteiger partial charge is 0.117 e. The number of rotatable bonds is 7. The van der Waals surface area contributed by atoms with Crippen LogP contribution in [0.3, 0.4) is 0 Å². The Labute approximate surface area is 149 Å². The normalized spacial score (nSPS) is 12.6. The Balaban J connectivity index is 1.75. The highest BCUT2D eigenvalue weighted by Gasteiger charge is 2.09. The summed E-state index contributed by atoms with van der Waals surface area (Å²) in [4.78, 5) is 2.86. The van der Waals surface area contributed by atoms with Crippen molar-refractivity contribution in [1.29, 1.82) is 0 Å². The summed E-state index contributed by atoms with van der Waals surface area (Å²) in [5.41, 5.74) is 2.22. The van der Waals surface area contributed by atoms with Gasteiger partial charge in [0.1, 0.15) is 12.3 Å². The minimum Gasteiger partial charge on any atom is -0.511 e. The molecule has 0 unspecified atom stereocenters. The number of benzene rings is 1. The monoisotopic (exact) mass is 345 g/mol. The molecule has 0 amide bonds. The molecule has 0 bridgehead atoms. The van der Waals surface area contributed by atoms with Crippen molar-refractivity contribution in [1.82, 2.24) is 15.0 Å². The fourth-order valence-electron chi connectivity index (χ4n) is 2.29. The SMILES string of the molecule is Cc1ccc(SCCCc2cnn(C/C(O)=C/C(C)(C)C)n2)cc1. The highest BCUT2D eigenvalue weighted by atomic mass is 32.2. The predicted molar refractivity (Wildman–Crippen MR) is 100 cm³/mol. The zero-order valence-electron chi connectivity index (χ0n) is 15.0. The molecule has 24 heavy (non-hydrogen) atoms. The Kier molecular flexibility index (Phi) is 6.49. The zero-order chi connectivity index (χ0) is 17.6. The van der Waals surface area contributed by atoms with E-state index >= 15 is 0 Å². The van der Waals surface area contributed by atoms with Crippen molar-refractivity contribution < 1.29 is 5.11 Å². The van der Waals surface area contributed by atoms with Gasteiger partial charge in [-0.05, 0) is 49.1 Å². The maximum Gasteiger partial charge on any atom is 0.117 e. The van der Waals surface area contributed by atoms with Crippen LogP contribution in [0.5, 0.6) is 0 Å². The van der Waals surface area contributed by atoms with E-state index in [1.165, 1.54) is 10.5 Å². The molecular weight excluding hydrogens is 318 g/mol. The van der Waals surface area contributed by atoms with Crippen molar-refractivity contribution in [3.05, 3.63) is 53.6 Å². The second-order valence-electron chi connectivity index (χ2n) is 7.13. The lowest BCUT2D eigenvalue weighted by Gasteiger charge is -2.12. The first-order valence-electron chi connectivity index (χ1n) is 8.31. The fraction of sp³-hybridized carbons (Fsp3) is 0.474. The van der Waals surface area contributed by atoms with Crippen LogP contribution in [0.1, 0.15) is 38.4 Å². The Hall–Kier alpha value is -1.75. The zero-order valence-corrected chi connectivity index (χ0v) is 15.8. The minimum atomic E-state index is -0.0483. The first-order chi connectivity index (χ1) is 11.3. The average molecular weight is 346 g/mol. The predicted octanol–water partition coefficient (Wildman–Crippen LogP) is 4.80. The second-order valence-corrected chi connectivity index (χ2v) is 8.30. The van der Waals surface area contributed by atoms with Crippen LogP contribution in [0.25, 0.3) is 0 Å². The van der Waals surface area contributed by atoms with Gasteiger partial charge in [-0.25, -0.2) is 0 Å². The molecular formula is C19H27N3OS. The van der Waals surface area contributed by atoms with E-state index in [-0.39, 0.29) is 5.41 Å². The fourth-order valence-corrected chi connectivity index (χ4v) is 3.15. The maximum atomic E-state index is 9.96. The number of hydrogen-bond donors (Lipinski definition) is 1. The van der Waals surface area contributed by atoms with Crippen molar-refractivity contribution in [2.75, 3.05) is 5.75 Å². The summed E-state index contributed by atoms with van der Waals surface area (Å²) in [5, 5.41) is 18.6. The Morgan fingerprint density at radius 3 is 2.62 bits per heavy atom. The van der Waals surface area contributed by atoms with E-state index in [1.54, 1.807) is 11.0 Å². The van der Waals surface area contributed by atoms with Crippen molar-refractivity contribution in [2.24, 2.45) is 5.41 Å². The van der Waals surface area contributed by atoms with Crippen LogP contribution in [-0.2, 0) is 13.0 Å². The molecule has 5 heteroatoms. The van der Waals surface area contributed by atoms with Crippen molar-refractivity contribution in [3.63, 3.8) is 0 Å². The third-order valence-corrected chi connectivity index (χ3v) is 4.45. The molecule has 2 aromatic rings. The molecule has 4 nitrogen and oxygen atoms in total. The van der Waals surface area contributed by atoms with Gasteiger partial charge in [0.15, 0.2) is 0 Å². The van der Waals surface area contributed by atoms with Crippen LogP contribution < -0.4 is 0 Å². The molecule has 1 aromatic carbocycles. The summed E-state index contributed by atoms with van der Waals surface area (Å²) in [7, 11) is 0. The van der Waals surface area contributed by atoms with Gasteiger partial charge in [-0.2, -0.15) is 15.0 Å². The molecule has 0 aliphatic rings. The molecule has 0 saturated heterocycles. The molecule has 1 aromatic heterocycles. The third kappa shape index (κ3) is 6.79. The number of nitrogens with zero attached hydrogens (tertiary/aromatic N) is 3.